The minimum atomic E-state index is -0.274. The molecule has 0 saturated heterocycles. The molecular weight excluding hydrogens is 349 g/mol. The number of rotatable bonds is 5. The standard InChI is InChI=1S/C18H17Cl2NO3/c1-11(14-6-5-13(23-2)10-17(14)24-3)8-18(22)21-12-4-7-15(19)16(20)9-12/h4-10H,1-3H3,(H,21,22)/b11-8+. The van der Waals surface area contributed by atoms with E-state index >= 15 is 0 Å². The van der Waals surface area contributed by atoms with Gasteiger partial charge >= 0.3 is 0 Å². The number of nitrogens with one attached hydrogen (secondary N) is 1. The van der Waals surface area contributed by atoms with Gasteiger partial charge in [0.05, 0.1) is 24.3 Å². The van der Waals surface area contributed by atoms with Crippen molar-refractivity contribution in [2.75, 3.05) is 19.5 Å². The number of ether oxygens (including phenoxy) is 2. The molecule has 0 bridgehead atoms. The van der Waals surface area contributed by atoms with Gasteiger partial charge in [-0.15, -0.1) is 0 Å². The van der Waals surface area contributed by atoms with Gasteiger partial charge in [-0.25, -0.2) is 0 Å². The second-order valence-electron chi connectivity index (χ2n) is 5.01. The average Bonchev–Trinajstić information content (AvgIpc) is 2.57. The van der Waals surface area contributed by atoms with Crippen molar-refractivity contribution in [3.05, 3.63) is 58.1 Å². The van der Waals surface area contributed by atoms with E-state index in [1.807, 2.05) is 19.1 Å². The van der Waals surface area contributed by atoms with Gasteiger partial charge in [-0.2, -0.15) is 0 Å². The highest BCUT2D eigenvalue weighted by atomic mass is 35.5. The molecule has 6 heteroatoms. The lowest BCUT2D eigenvalue weighted by Crippen LogP contribution is -2.08. The van der Waals surface area contributed by atoms with E-state index in [0.717, 1.165) is 11.1 Å². The fourth-order valence-electron chi connectivity index (χ4n) is 2.15. The molecule has 126 valence electrons. The number of carbonyl (C=O) groups is 1. The number of amides is 1. The molecule has 0 aliphatic heterocycles. The maximum absolute atomic E-state index is 12.2. The van der Waals surface area contributed by atoms with Gasteiger partial charge in [0.2, 0.25) is 5.91 Å². The SMILES string of the molecule is COc1ccc(/C(C)=C/C(=O)Nc2ccc(Cl)c(Cl)c2)c(OC)c1. The van der Waals surface area contributed by atoms with E-state index in [4.69, 9.17) is 32.7 Å². The molecule has 0 spiro atoms. The van der Waals surface area contributed by atoms with Crippen molar-refractivity contribution in [2.24, 2.45) is 0 Å². The number of benzene rings is 2. The Hall–Kier alpha value is -2.17. The first kappa shape index (κ1) is 18.2. The highest BCUT2D eigenvalue weighted by molar-refractivity contribution is 6.42. The Bertz CT molecular complexity index is 788. The second kappa shape index (κ2) is 8.08. The monoisotopic (exact) mass is 365 g/mol. The van der Waals surface area contributed by atoms with E-state index < -0.39 is 0 Å². The predicted molar refractivity (Wildman–Crippen MR) is 98.3 cm³/mol. The molecule has 0 aromatic heterocycles. The minimum Gasteiger partial charge on any atom is -0.497 e. The lowest BCUT2D eigenvalue weighted by atomic mass is 10.1. The first-order valence-electron chi connectivity index (χ1n) is 7.11. The fraction of sp³-hybridized carbons (Fsp3) is 0.167. The maximum atomic E-state index is 12.2. The largest absolute Gasteiger partial charge is 0.497 e. The van der Waals surface area contributed by atoms with Gasteiger partial charge in [0.15, 0.2) is 0 Å². The Morgan fingerprint density at radius 3 is 2.42 bits per heavy atom. The molecule has 0 unspecified atom stereocenters. The molecule has 0 radical (unpaired) electrons. The summed E-state index contributed by atoms with van der Waals surface area (Å²) < 4.78 is 10.5. The van der Waals surface area contributed by atoms with Crippen LogP contribution in [0.1, 0.15) is 12.5 Å². The summed E-state index contributed by atoms with van der Waals surface area (Å²) in [7, 11) is 3.16. The highest BCUT2D eigenvalue weighted by Crippen LogP contribution is 2.30. The first-order valence-corrected chi connectivity index (χ1v) is 7.87. The van der Waals surface area contributed by atoms with Crippen LogP contribution in [0.5, 0.6) is 11.5 Å². The summed E-state index contributed by atoms with van der Waals surface area (Å²) >= 11 is 11.8. The van der Waals surface area contributed by atoms with Crippen LogP contribution in [0, 0.1) is 0 Å². The van der Waals surface area contributed by atoms with Crippen molar-refractivity contribution >= 4 is 40.4 Å². The van der Waals surface area contributed by atoms with Crippen LogP contribution in [0.2, 0.25) is 10.0 Å². The van der Waals surface area contributed by atoms with Crippen LogP contribution >= 0.6 is 23.2 Å². The van der Waals surface area contributed by atoms with Gasteiger partial charge in [-0.05, 0) is 42.8 Å². The van der Waals surface area contributed by atoms with E-state index in [0.29, 0.717) is 27.2 Å². The molecule has 0 atom stereocenters. The van der Waals surface area contributed by atoms with Gasteiger partial charge in [0.25, 0.3) is 0 Å². The molecule has 4 nitrogen and oxygen atoms in total. The number of allylic oxidation sites excluding steroid dienone is 1. The van der Waals surface area contributed by atoms with E-state index in [-0.39, 0.29) is 5.91 Å². The molecule has 2 aromatic carbocycles. The van der Waals surface area contributed by atoms with Crippen molar-refractivity contribution in [1.29, 1.82) is 0 Å². The van der Waals surface area contributed by atoms with Crippen LogP contribution in [0.3, 0.4) is 0 Å². The second-order valence-corrected chi connectivity index (χ2v) is 5.83. The third kappa shape index (κ3) is 4.43. The predicted octanol–water partition coefficient (Wildman–Crippen LogP) is 5.05. The Kier molecular flexibility index (Phi) is 6.12. The zero-order chi connectivity index (χ0) is 17.7. The number of anilines is 1. The topological polar surface area (TPSA) is 47.6 Å². The van der Waals surface area contributed by atoms with Crippen LogP contribution in [-0.2, 0) is 4.79 Å². The molecule has 2 aromatic rings. The Morgan fingerprint density at radius 1 is 1.04 bits per heavy atom. The van der Waals surface area contributed by atoms with Gasteiger partial charge in [0, 0.05) is 23.4 Å². The average molecular weight is 366 g/mol. The van der Waals surface area contributed by atoms with Crippen molar-refractivity contribution in [3.63, 3.8) is 0 Å². The maximum Gasteiger partial charge on any atom is 0.248 e. The summed E-state index contributed by atoms with van der Waals surface area (Å²) in [5.41, 5.74) is 2.13. The molecule has 24 heavy (non-hydrogen) atoms. The van der Waals surface area contributed by atoms with Gasteiger partial charge < -0.3 is 14.8 Å². The number of halogens is 2. The van der Waals surface area contributed by atoms with E-state index in [9.17, 15) is 4.79 Å². The number of methoxy groups -OCH3 is 2. The fourth-order valence-corrected chi connectivity index (χ4v) is 2.45. The first-order chi connectivity index (χ1) is 11.4. The Balaban J connectivity index is 2.20. The van der Waals surface area contributed by atoms with Gasteiger partial charge in [-0.3, -0.25) is 4.79 Å². The number of hydrogen-bond acceptors (Lipinski definition) is 3. The summed E-state index contributed by atoms with van der Waals surface area (Å²) in [5.74, 6) is 1.04. The van der Waals surface area contributed by atoms with Crippen LogP contribution in [-0.4, -0.2) is 20.1 Å². The number of hydrogen-bond donors (Lipinski definition) is 1. The summed E-state index contributed by atoms with van der Waals surface area (Å²) in [6.07, 6.45) is 1.49. The molecule has 0 heterocycles. The van der Waals surface area contributed by atoms with Crippen molar-refractivity contribution in [1.82, 2.24) is 0 Å². The third-order valence-electron chi connectivity index (χ3n) is 3.37. The molecule has 0 aliphatic carbocycles. The molecule has 0 saturated carbocycles. The zero-order valence-electron chi connectivity index (χ0n) is 13.5. The van der Waals surface area contributed by atoms with E-state index in [1.165, 1.54) is 6.08 Å². The van der Waals surface area contributed by atoms with Crippen molar-refractivity contribution in [2.45, 2.75) is 6.92 Å². The van der Waals surface area contributed by atoms with Crippen molar-refractivity contribution in [3.8, 4) is 11.5 Å². The lowest BCUT2D eigenvalue weighted by molar-refractivity contribution is -0.111. The van der Waals surface area contributed by atoms with Crippen LogP contribution in [0.4, 0.5) is 5.69 Å². The summed E-state index contributed by atoms with van der Waals surface area (Å²) in [6.45, 7) is 1.83. The van der Waals surface area contributed by atoms with Gasteiger partial charge in [-0.1, -0.05) is 23.2 Å². The minimum absolute atomic E-state index is 0.274. The molecule has 2 rings (SSSR count). The summed E-state index contributed by atoms with van der Waals surface area (Å²) in [6, 6.07) is 10.3. The Labute approximate surface area is 151 Å². The van der Waals surface area contributed by atoms with Gasteiger partial charge in [0.1, 0.15) is 11.5 Å². The molecule has 1 amide bonds. The Morgan fingerprint density at radius 2 is 1.79 bits per heavy atom. The smallest absolute Gasteiger partial charge is 0.248 e. The van der Waals surface area contributed by atoms with Crippen LogP contribution in [0.15, 0.2) is 42.5 Å². The van der Waals surface area contributed by atoms with Crippen molar-refractivity contribution < 1.29 is 14.3 Å². The molecule has 0 fully saturated rings. The quantitative estimate of drug-likeness (QED) is 0.753. The highest BCUT2D eigenvalue weighted by Gasteiger charge is 2.09. The summed E-state index contributed by atoms with van der Waals surface area (Å²) in [5, 5.41) is 3.56. The third-order valence-corrected chi connectivity index (χ3v) is 4.11. The molecule has 0 aliphatic rings. The summed E-state index contributed by atoms with van der Waals surface area (Å²) in [4.78, 5) is 12.2. The van der Waals surface area contributed by atoms with E-state index in [2.05, 4.69) is 5.32 Å². The molecular formula is C18H17Cl2NO3. The zero-order valence-corrected chi connectivity index (χ0v) is 15.0. The number of carbonyl (C=O) groups excluding carboxylic acids is 1. The normalized spacial score (nSPS) is 11.1. The molecule has 1 N–H and O–H groups in total. The van der Waals surface area contributed by atoms with Crippen LogP contribution < -0.4 is 14.8 Å². The lowest BCUT2D eigenvalue weighted by Gasteiger charge is -2.11. The van der Waals surface area contributed by atoms with Crippen LogP contribution in [0.25, 0.3) is 5.57 Å². The van der Waals surface area contributed by atoms with E-state index in [1.54, 1.807) is 38.5 Å².